The number of aromatic nitrogens is 3. The van der Waals surface area contributed by atoms with Crippen molar-refractivity contribution in [2.45, 2.75) is 20.8 Å². The summed E-state index contributed by atoms with van der Waals surface area (Å²) in [5, 5.41) is 6.26. The van der Waals surface area contributed by atoms with Gasteiger partial charge in [0.1, 0.15) is 0 Å². The summed E-state index contributed by atoms with van der Waals surface area (Å²) in [5.74, 6) is 1.89. The monoisotopic (exact) mass is 280 g/mol. The van der Waals surface area contributed by atoms with Crippen molar-refractivity contribution < 1.29 is 4.74 Å². The lowest BCUT2D eigenvalue weighted by Crippen LogP contribution is -2.37. The summed E-state index contributed by atoms with van der Waals surface area (Å²) >= 11 is 0. The SMILES string of the molecule is CNc1nc(NCC(C)(C)C)nc(N2CCOCC2)n1. The number of anilines is 3. The normalized spacial score (nSPS) is 16.1. The number of hydrogen-bond acceptors (Lipinski definition) is 7. The van der Waals surface area contributed by atoms with Crippen molar-refractivity contribution in [1.82, 2.24) is 15.0 Å². The molecule has 7 nitrogen and oxygen atoms in total. The van der Waals surface area contributed by atoms with Crippen molar-refractivity contribution in [3.8, 4) is 0 Å². The van der Waals surface area contributed by atoms with Crippen molar-refractivity contribution in [1.29, 1.82) is 0 Å². The van der Waals surface area contributed by atoms with Crippen LogP contribution in [0.5, 0.6) is 0 Å². The van der Waals surface area contributed by atoms with Crippen molar-refractivity contribution in [2.75, 3.05) is 55.4 Å². The molecule has 112 valence electrons. The highest BCUT2D eigenvalue weighted by atomic mass is 16.5. The minimum atomic E-state index is 0.172. The van der Waals surface area contributed by atoms with Gasteiger partial charge in [0.15, 0.2) is 0 Å². The second-order valence-corrected chi connectivity index (χ2v) is 6.05. The van der Waals surface area contributed by atoms with Crippen LogP contribution in [0.2, 0.25) is 0 Å². The molecular formula is C13H24N6O. The minimum Gasteiger partial charge on any atom is -0.378 e. The highest BCUT2D eigenvalue weighted by Crippen LogP contribution is 2.17. The Kier molecular flexibility index (Phi) is 4.59. The summed E-state index contributed by atoms with van der Waals surface area (Å²) in [6.07, 6.45) is 0. The molecule has 1 saturated heterocycles. The lowest BCUT2D eigenvalue weighted by atomic mass is 9.97. The fraction of sp³-hybridized carbons (Fsp3) is 0.769. The third-order valence-corrected chi connectivity index (χ3v) is 2.92. The molecule has 20 heavy (non-hydrogen) atoms. The largest absolute Gasteiger partial charge is 0.378 e. The minimum absolute atomic E-state index is 0.172. The van der Waals surface area contributed by atoms with Gasteiger partial charge in [-0.05, 0) is 5.41 Å². The number of hydrogen-bond donors (Lipinski definition) is 2. The van der Waals surface area contributed by atoms with Crippen LogP contribution in [0.15, 0.2) is 0 Å². The van der Waals surface area contributed by atoms with E-state index in [9.17, 15) is 0 Å². The van der Waals surface area contributed by atoms with Crippen LogP contribution in [-0.4, -0.2) is 54.8 Å². The molecule has 7 heteroatoms. The Labute approximate surface area is 120 Å². The Bertz CT molecular complexity index is 439. The number of nitrogens with zero attached hydrogens (tertiary/aromatic N) is 4. The third-order valence-electron chi connectivity index (χ3n) is 2.92. The molecule has 1 aromatic heterocycles. The molecule has 2 heterocycles. The van der Waals surface area contributed by atoms with Crippen molar-refractivity contribution in [3.05, 3.63) is 0 Å². The molecule has 0 unspecified atom stereocenters. The summed E-state index contributed by atoms with van der Waals surface area (Å²) < 4.78 is 5.36. The maximum atomic E-state index is 5.36. The smallest absolute Gasteiger partial charge is 0.232 e. The molecule has 1 aliphatic rings. The Morgan fingerprint density at radius 1 is 1.10 bits per heavy atom. The Morgan fingerprint density at radius 2 is 1.75 bits per heavy atom. The van der Waals surface area contributed by atoms with E-state index in [0.717, 1.165) is 19.6 Å². The average molecular weight is 280 g/mol. The second-order valence-electron chi connectivity index (χ2n) is 6.05. The van der Waals surface area contributed by atoms with Crippen LogP contribution < -0.4 is 15.5 Å². The molecule has 2 rings (SSSR count). The van der Waals surface area contributed by atoms with E-state index in [2.05, 4.69) is 51.3 Å². The number of nitrogens with one attached hydrogen (secondary N) is 2. The molecule has 0 radical (unpaired) electrons. The topological polar surface area (TPSA) is 75.2 Å². The highest BCUT2D eigenvalue weighted by Gasteiger charge is 2.17. The fourth-order valence-electron chi connectivity index (χ4n) is 1.80. The lowest BCUT2D eigenvalue weighted by molar-refractivity contribution is 0.122. The van der Waals surface area contributed by atoms with Crippen molar-refractivity contribution >= 4 is 17.8 Å². The van der Waals surface area contributed by atoms with Gasteiger partial charge in [-0.25, -0.2) is 0 Å². The molecule has 1 aromatic rings. The summed E-state index contributed by atoms with van der Waals surface area (Å²) in [6, 6.07) is 0. The van der Waals surface area contributed by atoms with Gasteiger partial charge in [-0.2, -0.15) is 15.0 Å². The average Bonchev–Trinajstić information content (AvgIpc) is 2.45. The lowest BCUT2D eigenvalue weighted by Gasteiger charge is -2.27. The van der Waals surface area contributed by atoms with Gasteiger partial charge in [-0.1, -0.05) is 20.8 Å². The molecule has 0 bridgehead atoms. The molecule has 0 aromatic carbocycles. The van der Waals surface area contributed by atoms with E-state index in [1.54, 1.807) is 0 Å². The molecule has 0 atom stereocenters. The van der Waals surface area contributed by atoms with Gasteiger partial charge in [0.25, 0.3) is 0 Å². The zero-order chi connectivity index (χ0) is 14.6. The quantitative estimate of drug-likeness (QED) is 0.858. The number of morpholine rings is 1. The predicted molar refractivity (Wildman–Crippen MR) is 80.4 cm³/mol. The van der Waals surface area contributed by atoms with Gasteiger partial charge < -0.3 is 20.3 Å². The first kappa shape index (κ1) is 14.8. The second kappa shape index (κ2) is 6.21. The van der Waals surface area contributed by atoms with Gasteiger partial charge in [0, 0.05) is 26.7 Å². The molecule has 0 spiro atoms. The molecule has 1 aliphatic heterocycles. The summed E-state index contributed by atoms with van der Waals surface area (Å²) in [5.41, 5.74) is 0.172. The van der Waals surface area contributed by atoms with Crippen molar-refractivity contribution in [2.24, 2.45) is 5.41 Å². The predicted octanol–water partition coefficient (Wildman–Crippen LogP) is 1.21. The first-order chi connectivity index (χ1) is 9.48. The molecule has 1 fully saturated rings. The van der Waals surface area contributed by atoms with Crippen LogP contribution in [-0.2, 0) is 4.74 Å². The van der Waals surface area contributed by atoms with Crippen LogP contribution in [0.3, 0.4) is 0 Å². The van der Waals surface area contributed by atoms with Gasteiger partial charge in [0.05, 0.1) is 13.2 Å². The molecule has 2 N–H and O–H groups in total. The Hall–Kier alpha value is -1.63. The van der Waals surface area contributed by atoms with E-state index < -0.39 is 0 Å². The maximum absolute atomic E-state index is 5.36. The first-order valence-corrected chi connectivity index (χ1v) is 6.98. The van der Waals surface area contributed by atoms with Crippen molar-refractivity contribution in [3.63, 3.8) is 0 Å². The van der Waals surface area contributed by atoms with Gasteiger partial charge in [0.2, 0.25) is 17.8 Å². The van der Waals surface area contributed by atoms with E-state index in [1.165, 1.54) is 0 Å². The maximum Gasteiger partial charge on any atom is 0.232 e. The highest BCUT2D eigenvalue weighted by molar-refractivity contribution is 5.43. The number of ether oxygens (including phenoxy) is 1. The van der Waals surface area contributed by atoms with E-state index in [0.29, 0.717) is 31.1 Å². The summed E-state index contributed by atoms with van der Waals surface area (Å²) in [7, 11) is 1.81. The van der Waals surface area contributed by atoms with E-state index in [-0.39, 0.29) is 5.41 Å². The van der Waals surface area contributed by atoms with Crippen LogP contribution in [0, 0.1) is 5.41 Å². The van der Waals surface area contributed by atoms with E-state index >= 15 is 0 Å². The fourth-order valence-corrected chi connectivity index (χ4v) is 1.80. The van der Waals surface area contributed by atoms with Gasteiger partial charge in [-0.15, -0.1) is 0 Å². The zero-order valence-corrected chi connectivity index (χ0v) is 12.7. The van der Waals surface area contributed by atoms with Gasteiger partial charge >= 0.3 is 0 Å². The zero-order valence-electron chi connectivity index (χ0n) is 12.7. The molecule has 0 saturated carbocycles. The Balaban J connectivity index is 2.15. The van der Waals surface area contributed by atoms with Gasteiger partial charge in [-0.3, -0.25) is 0 Å². The van der Waals surface area contributed by atoms with Crippen LogP contribution in [0.25, 0.3) is 0 Å². The third kappa shape index (κ3) is 4.19. The van der Waals surface area contributed by atoms with Crippen LogP contribution >= 0.6 is 0 Å². The van der Waals surface area contributed by atoms with Crippen LogP contribution in [0.1, 0.15) is 20.8 Å². The van der Waals surface area contributed by atoms with E-state index in [1.807, 2.05) is 7.05 Å². The van der Waals surface area contributed by atoms with E-state index in [4.69, 9.17) is 4.74 Å². The Morgan fingerprint density at radius 3 is 2.35 bits per heavy atom. The number of rotatable bonds is 4. The molecule has 0 aliphatic carbocycles. The molecular weight excluding hydrogens is 256 g/mol. The summed E-state index contributed by atoms with van der Waals surface area (Å²) in [4.78, 5) is 15.4. The first-order valence-electron chi connectivity index (χ1n) is 6.98. The summed E-state index contributed by atoms with van der Waals surface area (Å²) in [6.45, 7) is 10.4. The van der Waals surface area contributed by atoms with Crippen LogP contribution in [0.4, 0.5) is 17.8 Å². The standard InChI is InChI=1S/C13H24N6O/c1-13(2,3)9-15-11-16-10(14-4)17-12(18-11)19-5-7-20-8-6-19/h5-9H2,1-4H3,(H2,14,15,16,17,18). The molecule has 0 amide bonds.